The van der Waals surface area contributed by atoms with Crippen LogP contribution in [0.3, 0.4) is 0 Å². The molecule has 3 rings (SSSR count). The molecule has 3 aromatic rings. The van der Waals surface area contributed by atoms with E-state index in [0.29, 0.717) is 23.9 Å². The molecule has 192 valence electrons. The summed E-state index contributed by atoms with van der Waals surface area (Å²) in [4.78, 5) is 50.4. The third kappa shape index (κ3) is 8.02. The number of urea groups is 1. The molecule has 0 aliphatic carbocycles. The number of nitrogens with zero attached hydrogens (tertiary/aromatic N) is 5. The zero-order valence-electron chi connectivity index (χ0n) is 20.2. The van der Waals surface area contributed by atoms with Gasteiger partial charge in [-0.25, -0.2) is 14.8 Å². The number of carbonyl (C=O) groups is 3. The molecule has 12 heteroatoms. The summed E-state index contributed by atoms with van der Waals surface area (Å²) in [5, 5.41) is 21.2. The van der Waals surface area contributed by atoms with Gasteiger partial charge in [0.25, 0.3) is 0 Å². The van der Waals surface area contributed by atoms with Gasteiger partial charge in [0.05, 0.1) is 18.3 Å². The summed E-state index contributed by atoms with van der Waals surface area (Å²) < 4.78 is 5.63. The van der Waals surface area contributed by atoms with Crippen molar-refractivity contribution >= 4 is 30.1 Å². The van der Waals surface area contributed by atoms with Crippen molar-refractivity contribution in [2.24, 2.45) is 4.99 Å². The van der Waals surface area contributed by atoms with Gasteiger partial charge in [-0.2, -0.15) is 0 Å². The monoisotopic (exact) mass is 506 g/mol. The van der Waals surface area contributed by atoms with Gasteiger partial charge in [-0.05, 0) is 48.9 Å². The van der Waals surface area contributed by atoms with Gasteiger partial charge in [0.1, 0.15) is 11.5 Å². The highest BCUT2D eigenvalue weighted by Gasteiger charge is 2.24. The van der Waals surface area contributed by atoms with Gasteiger partial charge in [-0.15, -0.1) is 0 Å². The minimum atomic E-state index is -1.14. The second kappa shape index (κ2) is 12.6. The van der Waals surface area contributed by atoms with Crippen LogP contribution in [0.2, 0.25) is 0 Å². The Labute approximate surface area is 212 Å². The summed E-state index contributed by atoms with van der Waals surface area (Å²) in [6.45, 7) is 1.76. The fraction of sp³-hybridized carbons (Fsp3) is 0.200. The molecule has 0 bridgehead atoms. The van der Waals surface area contributed by atoms with Gasteiger partial charge in [0, 0.05) is 32.0 Å². The van der Waals surface area contributed by atoms with Crippen LogP contribution in [0.1, 0.15) is 18.9 Å². The molecule has 0 aliphatic heterocycles. The molecule has 3 amide bonds. The molecule has 0 saturated carbocycles. The fourth-order valence-corrected chi connectivity index (χ4v) is 3.19. The molecule has 2 aromatic carbocycles. The summed E-state index contributed by atoms with van der Waals surface area (Å²) in [5.74, 6) is -0.0994. The molecule has 0 radical (unpaired) electrons. The molecule has 37 heavy (non-hydrogen) atoms. The Balaban J connectivity index is 1.83. The number of aromatic hydroxyl groups is 1. The van der Waals surface area contributed by atoms with E-state index in [0.717, 1.165) is 10.5 Å². The zero-order valence-corrected chi connectivity index (χ0v) is 20.2. The van der Waals surface area contributed by atoms with Crippen LogP contribution in [0.4, 0.5) is 10.5 Å². The fourth-order valence-electron chi connectivity index (χ4n) is 3.19. The Morgan fingerprint density at radius 3 is 2.43 bits per heavy atom. The van der Waals surface area contributed by atoms with Crippen LogP contribution in [0.25, 0.3) is 0 Å². The van der Waals surface area contributed by atoms with Gasteiger partial charge in [-0.3, -0.25) is 24.8 Å². The average Bonchev–Trinajstić information content (AvgIpc) is 2.86. The molecule has 1 aromatic heterocycles. The van der Waals surface area contributed by atoms with Crippen molar-refractivity contribution in [3.05, 3.63) is 72.7 Å². The number of guanidine groups is 1. The topological polar surface area (TPSA) is 158 Å². The Morgan fingerprint density at radius 2 is 1.84 bits per heavy atom. The lowest BCUT2D eigenvalue weighted by atomic mass is 10.2. The van der Waals surface area contributed by atoms with Crippen molar-refractivity contribution in [3.8, 4) is 17.4 Å². The molecular weight excluding hydrogens is 480 g/mol. The second-order valence-corrected chi connectivity index (χ2v) is 7.99. The van der Waals surface area contributed by atoms with E-state index in [4.69, 9.17) is 9.84 Å². The Bertz CT molecular complexity index is 1230. The maximum atomic E-state index is 12.9. The van der Waals surface area contributed by atoms with Crippen molar-refractivity contribution in [1.82, 2.24) is 25.1 Å². The quantitative estimate of drug-likeness (QED) is 0.225. The van der Waals surface area contributed by atoms with Crippen molar-refractivity contribution in [1.29, 1.82) is 0 Å². The molecule has 0 saturated heterocycles. The number of hydrogen-bond acceptors (Lipinski definition) is 8. The normalized spacial score (nSPS) is 11.8. The molecule has 0 unspecified atom stereocenters. The lowest BCUT2D eigenvalue weighted by Crippen LogP contribution is -2.50. The number of imide groups is 1. The number of phenolic OH excluding ortho intramolecular Hbond substituents is 1. The van der Waals surface area contributed by atoms with E-state index in [2.05, 4.69) is 20.3 Å². The predicted molar refractivity (Wildman–Crippen MR) is 133 cm³/mol. The molecule has 0 aliphatic rings. The summed E-state index contributed by atoms with van der Waals surface area (Å²) >= 11 is 0. The summed E-state index contributed by atoms with van der Waals surface area (Å²) in [6.07, 6.45) is 4.38. The van der Waals surface area contributed by atoms with E-state index in [-0.39, 0.29) is 18.1 Å². The second-order valence-electron chi connectivity index (χ2n) is 7.99. The third-order valence-corrected chi connectivity index (χ3v) is 5.06. The molecule has 0 spiro atoms. The van der Waals surface area contributed by atoms with Gasteiger partial charge in [-0.1, -0.05) is 12.1 Å². The van der Waals surface area contributed by atoms with Gasteiger partial charge < -0.3 is 19.8 Å². The van der Waals surface area contributed by atoms with Crippen molar-refractivity contribution in [2.45, 2.75) is 25.9 Å². The van der Waals surface area contributed by atoms with E-state index in [9.17, 15) is 19.5 Å². The van der Waals surface area contributed by atoms with Crippen LogP contribution in [-0.2, 0) is 16.1 Å². The summed E-state index contributed by atoms with van der Waals surface area (Å²) in [6, 6.07) is 11.5. The molecule has 0 fully saturated rings. The van der Waals surface area contributed by atoms with E-state index >= 15 is 0 Å². The third-order valence-electron chi connectivity index (χ3n) is 5.06. The lowest BCUT2D eigenvalue weighted by Gasteiger charge is -2.26. The molecule has 12 nitrogen and oxygen atoms in total. The first kappa shape index (κ1) is 26.6. The maximum absolute atomic E-state index is 12.9. The number of carboxylic acids is 1. The van der Waals surface area contributed by atoms with Crippen LogP contribution in [-0.4, -0.2) is 67.4 Å². The van der Waals surface area contributed by atoms with E-state index < -0.39 is 24.5 Å². The van der Waals surface area contributed by atoms with E-state index in [1.165, 1.54) is 37.6 Å². The van der Waals surface area contributed by atoms with Crippen LogP contribution < -0.4 is 10.1 Å². The summed E-state index contributed by atoms with van der Waals surface area (Å²) in [7, 11) is 1.68. The smallest absolute Gasteiger partial charge is 0.330 e. The number of ether oxygens (including phenoxy) is 1. The van der Waals surface area contributed by atoms with Crippen LogP contribution in [0.5, 0.6) is 17.4 Å². The standard InChI is InChI=1S/C25H26N6O6/c1-17(13-23(34)35)31(16-32)25(36)29-24(30(2)15-18-3-7-20(33)8-4-18)28-19-5-9-21(10-6-19)37-22-14-26-11-12-27-22/h3-12,14,16-17,33H,13,15H2,1-2H3,(H,34,35)(H,28,29,36)/t17-/m0/s1. The number of carboxylic acid groups (broad SMARTS) is 1. The number of nitrogens with one attached hydrogen (secondary N) is 1. The van der Waals surface area contributed by atoms with Crippen LogP contribution in [0.15, 0.2) is 72.1 Å². The maximum Gasteiger partial charge on any atom is 0.330 e. The van der Waals surface area contributed by atoms with Gasteiger partial charge in [0.15, 0.2) is 0 Å². The van der Waals surface area contributed by atoms with Gasteiger partial charge >= 0.3 is 12.0 Å². The lowest BCUT2D eigenvalue weighted by molar-refractivity contribution is -0.138. The number of amides is 3. The van der Waals surface area contributed by atoms with Crippen molar-refractivity contribution < 1.29 is 29.3 Å². The van der Waals surface area contributed by atoms with E-state index in [1.54, 1.807) is 48.3 Å². The van der Waals surface area contributed by atoms with Crippen molar-refractivity contribution in [3.63, 3.8) is 0 Å². The zero-order chi connectivity index (χ0) is 26.8. The first-order chi connectivity index (χ1) is 17.7. The largest absolute Gasteiger partial charge is 0.508 e. The predicted octanol–water partition coefficient (Wildman–Crippen LogP) is 3.13. The SMILES string of the molecule is C[C@@H](CC(=O)O)N(C=O)C(=O)NC(=Nc1ccc(Oc2cnccn2)cc1)N(C)Cc1ccc(O)cc1. The highest BCUT2D eigenvalue weighted by Crippen LogP contribution is 2.22. The van der Waals surface area contributed by atoms with Crippen LogP contribution in [0, 0.1) is 0 Å². The first-order valence-corrected chi connectivity index (χ1v) is 11.1. The first-order valence-electron chi connectivity index (χ1n) is 11.1. The molecule has 1 atom stereocenters. The number of rotatable bonds is 9. The number of aliphatic imine (C=N–C) groups is 1. The summed E-state index contributed by atoms with van der Waals surface area (Å²) in [5.41, 5.74) is 1.29. The molecular formula is C25H26N6O6. The highest BCUT2D eigenvalue weighted by atomic mass is 16.5. The van der Waals surface area contributed by atoms with E-state index in [1.807, 2.05) is 0 Å². The Kier molecular flexibility index (Phi) is 9.08. The Morgan fingerprint density at radius 1 is 1.14 bits per heavy atom. The number of hydrogen-bond donors (Lipinski definition) is 3. The van der Waals surface area contributed by atoms with Crippen molar-refractivity contribution in [2.75, 3.05) is 7.05 Å². The highest BCUT2D eigenvalue weighted by molar-refractivity contribution is 6.00. The van der Waals surface area contributed by atoms with Gasteiger partial charge in [0.2, 0.25) is 18.2 Å². The Hall–Kier alpha value is -5.00. The number of carbonyl (C=O) groups excluding carboxylic acids is 2. The molecule has 3 N–H and O–H groups in total. The average molecular weight is 507 g/mol. The minimum absolute atomic E-state index is 0.107. The number of aliphatic carboxylic acids is 1. The minimum Gasteiger partial charge on any atom is -0.508 e. The number of phenols is 1. The van der Waals surface area contributed by atoms with Crippen LogP contribution >= 0.6 is 0 Å². The molecule has 1 heterocycles. The number of aromatic nitrogens is 2. The number of benzene rings is 2.